The average molecular weight is 443 g/mol. The maximum absolute atomic E-state index is 12.9. The van der Waals surface area contributed by atoms with Gasteiger partial charge in [-0.3, -0.25) is 0 Å². The minimum absolute atomic E-state index is 0.314. The minimum atomic E-state index is -0.378. The van der Waals surface area contributed by atoms with Gasteiger partial charge in [-0.15, -0.1) is 0 Å². The summed E-state index contributed by atoms with van der Waals surface area (Å²) < 4.78 is 10.5. The van der Waals surface area contributed by atoms with Gasteiger partial charge in [-0.1, -0.05) is 64.2 Å². The van der Waals surface area contributed by atoms with E-state index in [0.717, 1.165) is 61.7 Å². The Morgan fingerprint density at radius 3 is 2.25 bits per heavy atom. The van der Waals surface area contributed by atoms with Crippen molar-refractivity contribution in [1.82, 2.24) is 0 Å². The first-order valence-electron chi connectivity index (χ1n) is 12.5. The smallest absolute Gasteiger partial charge is 0.338 e. The first-order valence-corrected chi connectivity index (χ1v) is 12.5. The Labute approximate surface area is 195 Å². The lowest BCUT2D eigenvalue weighted by atomic mass is 9.93. The van der Waals surface area contributed by atoms with Crippen LogP contribution in [0.4, 0.5) is 0 Å². The highest BCUT2D eigenvalue weighted by Gasteiger charge is 2.22. The molecule has 32 heavy (non-hydrogen) atoms. The summed E-state index contributed by atoms with van der Waals surface area (Å²) >= 11 is 0. The lowest BCUT2D eigenvalue weighted by Crippen LogP contribution is -2.11. The number of hydrogen-bond acceptors (Lipinski definition) is 4. The van der Waals surface area contributed by atoms with Crippen LogP contribution >= 0.6 is 0 Å². The SMILES string of the molecule is CCCCCCC#CC1=C(CCCCCC)C(C(=O)OCC)=C/C(=C/C(=O)OCC)CC1. The van der Waals surface area contributed by atoms with Crippen molar-refractivity contribution >= 4 is 11.9 Å². The molecule has 0 heterocycles. The number of hydrogen-bond donors (Lipinski definition) is 0. The number of esters is 2. The number of allylic oxidation sites excluding steroid dienone is 3. The predicted octanol–water partition coefficient (Wildman–Crippen LogP) is 7.00. The van der Waals surface area contributed by atoms with Gasteiger partial charge in [0.1, 0.15) is 0 Å². The third-order valence-corrected chi connectivity index (χ3v) is 5.44. The molecule has 0 aliphatic heterocycles. The van der Waals surface area contributed by atoms with Crippen molar-refractivity contribution in [2.45, 2.75) is 105 Å². The summed E-state index contributed by atoms with van der Waals surface area (Å²) in [4.78, 5) is 24.9. The molecule has 0 bridgehead atoms. The van der Waals surface area contributed by atoms with Crippen LogP contribution in [0.25, 0.3) is 0 Å². The van der Waals surface area contributed by atoms with Crippen molar-refractivity contribution in [3.05, 3.63) is 34.4 Å². The molecule has 4 nitrogen and oxygen atoms in total. The fourth-order valence-corrected chi connectivity index (χ4v) is 3.73. The van der Waals surface area contributed by atoms with Gasteiger partial charge in [0, 0.05) is 18.1 Å². The molecule has 1 rings (SSSR count). The Balaban J connectivity index is 3.25. The predicted molar refractivity (Wildman–Crippen MR) is 131 cm³/mol. The van der Waals surface area contributed by atoms with Gasteiger partial charge in [-0.25, -0.2) is 9.59 Å². The van der Waals surface area contributed by atoms with Crippen LogP contribution < -0.4 is 0 Å². The van der Waals surface area contributed by atoms with Crippen LogP contribution in [0.15, 0.2) is 34.4 Å². The molecule has 0 fully saturated rings. The minimum Gasteiger partial charge on any atom is -0.463 e. The molecular formula is C28H42O4. The van der Waals surface area contributed by atoms with Gasteiger partial charge in [0.2, 0.25) is 0 Å². The van der Waals surface area contributed by atoms with E-state index in [4.69, 9.17) is 9.47 Å². The second-order valence-electron chi connectivity index (χ2n) is 8.13. The van der Waals surface area contributed by atoms with Crippen molar-refractivity contribution in [2.24, 2.45) is 0 Å². The lowest BCUT2D eigenvalue weighted by molar-refractivity contribution is -0.138. The molecule has 0 aromatic carbocycles. The van der Waals surface area contributed by atoms with Gasteiger partial charge in [0.15, 0.2) is 0 Å². The summed E-state index contributed by atoms with van der Waals surface area (Å²) in [5, 5.41) is 0. The number of ether oxygens (including phenoxy) is 2. The highest BCUT2D eigenvalue weighted by molar-refractivity contribution is 5.95. The molecule has 1 aliphatic rings. The normalized spacial score (nSPS) is 15.0. The zero-order valence-corrected chi connectivity index (χ0v) is 20.7. The number of carbonyl (C=O) groups excluding carboxylic acids is 2. The molecule has 0 amide bonds. The molecule has 0 aromatic heterocycles. The van der Waals surface area contributed by atoms with Crippen molar-refractivity contribution in [1.29, 1.82) is 0 Å². The molecule has 0 saturated heterocycles. The molecule has 4 heteroatoms. The third kappa shape index (κ3) is 10.8. The molecule has 178 valence electrons. The summed E-state index contributed by atoms with van der Waals surface area (Å²) in [5.41, 5.74) is 3.35. The topological polar surface area (TPSA) is 52.6 Å². The van der Waals surface area contributed by atoms with Crippen molar-refractivity contribution in [3.63, 3.8) is 0 Å². The van der Waals surface area contributed by atoms with E-state index in [1.54, 1.807) is 6.92 Å². The van der Waals surface area contributed by atoms with Gasteiger partial charge in [-0.05, 0) is 63.2 Å². The van der Waals surface area contributed by atoms with Crippen LogP contribution in [0.1, 0.15) is 105 Å². The van der Waals surface area contributed by atoms with Crippen molar-refractivity contribution < 1.29 is 19.1 Å². The van der Waals surface area contributed by atoms with Gasteiger partial charge in [0.25, 0.3) is 0 Å². The fraction of sp³-hybridized carbons (Fsp3) is 0.643. The van der Waals surface area contributed by atoms with Crippen LogP contribution in [-0.2, 0) is 19.1 Å². The van der Waals surface area contributed by atoms with Gasteiger partial charge in [-0.2, -0.15) is 0 Å². The fourth-order valence-electron chi connectivity index (χ4n) is 3.73. The highest BCUT2D eigenvalue weighted by Crippen LogP contribution is 2.31. The van der Waals surface area contributed by atoms with Crippen LogP contribution in [0.3, 0.4) is 0 Å². The first kappa shape index (κ1) is 27.8. The van der Waals surface area contributed by atoms with E-state index in [1.165, 1.54) is 31.8 Å². The Morgan fingerprint density at radius 2 is 1.59 bits per heavy atom. The maximum Gasteiger partial charge on any atom is 0.338 e. The number of rotatable bonds is 13. The molecule has 1 aliphatic carbocycles. The van der Waals surface area contributed by atoms with E-state index < -0.39 is 0 Å². The van der Waals surface area contributed by atoms with Crippen LogP contribution in [-0.4, -0.2) is 25.2 Å². The van der Waals surface area contributed by atoms with Gasteiger partial charge >= 0.3 is 11.9 Å². The van der Waals surface area contributed by atoms with E-state index in [1.807, 2.05) is 13.0 Å². The average Bonchev–Trinajstić information content (AvgIpc) is 2.93. The lowest BCUT2D eigenvalue weighted by Gasteiger charge is -2.13. The molecule has 0 aromatic rings. The summed E-state index contributed by atoms with van der Waals surface area (Å²) in [6, 6.07) is 0. The van der Waals surface area contributed by atoms with Crippen molar-refractivity contribution in [2.75, 3.05) is 13.2 Å². The number of carbonyl (C=O) groups is 2. The van der Waals surface area contributed by atoms with Crippen LogP contribution in [0.2, 0.25) is 0 Å². The molecule has 0 N–H and O–H groups in total. The second-order valence-corrected chi connectivity index (χ2v) is 8.13. The third-order valence-electron chi connectivity index (χ3n) is 5.44. The largest absolute Gasteiger partial charge is 0.463 e. The van der Waals surface area contributed by atoms with Crippen LogP contribution in [0.5, 0.6) is 0 Å². The number of unbranched alkanes of at least 4 members (excludes halogenated alkanes) is 7. The second kappa shape index (κ2) is 17.3. The zero-order valence-electron chi connectivity index (χ0n) is 20.7. The van der Waals surface area contributed by atoms with Gasteiger partial charge < -0.3 is 9.47 Å². The molecular weight excluding hydrogens is 400 g/mol. The van der Waals surface area contributed by atoms with Crippen LogP contribution in [0, 0.1) is 11.8 Å². The van der Waals surface area contributed by atoms with E-state index in [2.05, 4.69) is 25.7 Å². The Bertz CT molecular complexity index is 743. The molecule has 0 unspecified atom stereocenters. The van der Waals surface area contributed by atoms with Gasteiger partial charge in [0.05, 0.1) is 18.8 Å². The standard InChI is InChI=1S/C28H42O4/c1-5-9-11-13-14-15-17-24-20-19-23(22-27(29)31-7-3)21-26(28(30)32-8-4)25(24)18-16-12-10-6-2/h21-22H,5-14,16,18-20H2,1-4H3/b23-22+. The summed E-state index contributed by atoms with van der Waals surface area (Å²) in [6.45, 7) is 8.63. The Morgan fingerprint density at radius 1 is 0.906 bits per heavy atom. The van der Waals surface area contributed by atoms with Crippen molar-refractivity contribution in [3.8, 4) is 11.8 Å². The van der Waals surface area contributed by atoms with E-state index >= 15 is 0 Å². The maximum atomic E-state index is 12.9. The zero-order chi connectivity index (χ0) is 23.6. The monoisotopic (exact) mass is 442 g/mol. The summed E-state index contributed by atoms with van der Waals surface area (Å²) in [7, 11) is 0. The Hall–Kier alpha value is -2.28. The highest BCUT2D eigenvalue weighted by atomic mass is 16.5. The Kier molecular flexibility index (Phi) is 15.0. The van der Waals surface area contributed by atoms with E-state index in [9.17, 15) is 9.59 Å². The summed E-state index contributed by atoms with van der Waals surface area (Å²) in [6.07, 6.45) is 15.6. The molecule has 0 spiro atoms. The quantitative estimate of drug-likeness (QED) is 0.133. The first-order chi connectivity index (χ1) is 15.6. The molecule has 0 atom stereocenters. The molecule has 0 saturated carbocycles. The van der Waals surface area contributed by atoms with E-state index in [0.29, 0.717) is 25.2 Å². The molecule has 0 radical (unpaired) electrons. The summed E-state index contributed by atoms with van der Waals surface area (Å²) in [5.74, 6) is 6.02. The van der Waals surface area contributed by atoms with E-state index in [-0.39, 0.29) is 11.9 Å².